The van der Waals surface area contributed by atoms with Crippen molar-refractivity contribution in [1.82, 2.24) is 25.2 Å². The zero-order chi connectivity index (χ0) is 17.4. The van der Waals surface area contributed by atoms with Crippen LogP contribution in [0, 0.1) is 6.92 Å². The number of hydrogen-bond acceptors (Lipinski definition) is 4. The average molecular weight is 376 g/mol. The van der Waals surface area contributed by atoms with Crippen LogP contribution in [0.5, 0.6) is 0 Å². The van der Waals surface area contributed by atoms with Crippen LogP contribution in [-0.4, -0.2) is 45.9 Å². The van der Waals surface area contributed by atoms with Gasteiger partial charge in [-0.15, -0.1) is 17.5 Å². The molecule has 1 unspecified atom stereocenters. The Morgan fingerprint density at radius 3 is 2.73 bits per heavy atom. The molecule has 1 amide bonds. The number of benzene rings is 1. The molecule has 1 aliphatic heterocycles. The Bertz CT molecular complexity index is 784. The Balaban J connectivity index is 0.00000196. The van der Waals surface area contributed by atoms with Crippen LogP contribution in [0.3, 0.4) is 0 Å². The third-order valence-electron chi connectivity index (χ3n) is 5.67. The summed E-state index contributed by atoms with van der Waals surface area (Å²) < 4.78 is 1.95. The fourth-order valence-electron chi connectivity index (χ4n) is 4.18. The summed E-state index contributed by atoms with van der Waals surface area (Å²) in [6, 6.07) is 8.88. The topological polar surface area (TPSA) is 63.1 Å². The van der Waals surface area contributed by atoms with E-state index in [9.17, 15) is 4.79 Å². The van der Waals surface area contributed by atoms with Crippen molar-refractivity contribution in [3.8, 4) is 0 Å². The Morgan fingerprint density at radius 1 is 1.23 bits per heavy atom. The lowest BCUT2D eigenvalue weighted by Crippen LogP contribution is -2.32. The van der Waals surface area contributed by atoms with Gasteiger partial charge in [0.25, 0.3) is 5.91 Å². The van der Waals surface area contributed by atoms with Crippen LogP contribution in [0.25, 0.3) is 0 Å². The standard InChI is InChI=1S/C19H25N5O.ClH/c1-13-18(21-22-24(13)15-9-11-20-12-10-15)19(25)23(2)17-8-7-14-5-3-4-6-16(14)17;/h3-6,15,17,20H,7-12H2,1-2H3;1H. The SMILES string of the molecule is Cc1c(C(=O)N(C)C2CCc3ccccc32)nnn1C1CCNCC1.Cl. The van der Waals surface area contributed by atoms with E-state index in [4.69, 9.17) is 0 Å². The molecule has 1 fully saturated rings. The lowest BCUT2D eigenvalue weighted by molar-refractivity contribution is 0.0723. The second-order valence-corrected chi connectivity index (χ2v) is 7.12. The molecule has 2 aliphatic rings. The minimum atomic E-state index is -0.0283. The molecule has 2 heterocycles. The van der Waals surface area contributed by atoms with Gasteiger partial charge in [-0.25, -0.2) is 4.68 Å². The van der Waals surface area contributed by atoms with E-state index in [1.54, 1.807) is 0 Å². The molecular weight excluding hydrogens is 350 g/mol. The van der Waals surface area contributed by atoms with E-state index >= 15 is 0 Å². The number of halogens is 1. The Hall–Kier alpha value is -1.92. The first-order valence-corrected chi connectivity index (χ1v) is 9.14. The predicted octanol–water partition coefficient (Wildman–Crippen LogP) is 2.69. The predicted molar refractivity (Wildman–Crippen MR) is 103 cm³/mol. The summed E-state index contributed by atoms with van der Waals surface area (Å²) in [4.78, 5) is 14.9. The average Bonchev–Trinajstić information content (AvgIpc) is 3.25. The third-order valence-corrected chi connectivity index (χ3v) is 5.67. The summed E-state index contributed by atoms with van der Waals surface area (Å²) in [6.45, 7) is 3.95. The van der Waals surface area contributed by atoms with Crippen molar-refractivity contribution in [2.75, 3.05) is 20.1 Å². The first kappa shape index (κ1) is 18.9. The van der Waals surface area contributed by atoms with Crippen molar-refractivity contribution in [2.24, 2.45) is 0 Å². The van der Waals surface area contributed by atoms with Crippen LogP contribution in [-0.2, 0) is 6.42 Å². The number of rotatable bonds is 3. The van der Waals surface area contributed by atoms with Crippen LogP contribution < -0.4 is 5.32 Å². The summed E-state index contributed by atoms with van der Waals surface area (Å²) >= 11 is 0. The van der Waals surface area contributed by atoms with Gasteiger partial charge in [0.1, 0.15) is 0 Å². The van der Waals surface area contributed by atoms with Gasteiger partial charge < -0.3 is 10.2 Å². The van der Waals surface area contributed by atoms with Gasteiger partial charge in [0, 0.05) is 7.05 Å². The zero-order valence-electron chi connectivity index (χ0n) is 15.3. The first-order chi connectivity index (χ1) is 12.2. The number of piperidine rings is 1. The molecule has 1 saturated heterocycles. The minimum Gasteiger partial charge on any atom is -0.333 e. The van der Waals surface area contributed by atoms with Crippen molar-refractivity contribution in [3.05, 3.63) is 46.8 Å². The highest BCUT2D eigenvalue weighted by molar-refractivity contribution is 5.93. The molecule has 26 heavy (non-hydrogen) atoms. The lowest BCUT2D eigenvalue weighted by atomic mass is 10.1. The fourth-order valence-corrected chi connectivity index (χ4v) is 4.18. The summed E-state index contributed by atoms with van der Waals surface area (Å²) in [5.41, 5.74) is 3.99. The molecular formula is C19H26ClN5O. The van der Waals surface area contributed by atoms with E-state index in [-0.39, 0.29) is 24.4 Å². The van der Waals surface area contributed by atoms with E-state index in [0.29, 0.717) is 11.7 Å². The molecule has 6 nitrogen and oxygen atoms in total. The number of carbonyl (C=O) groups excluding carboxylic acids is 1. The Morgan fingerprint density at radius 2 is 1.96 bits per heavy atom. The summed E-state index contributed by atoms with van der Waals surface area (Å²) in [7, 11) is 1.89. The number of aryl methyl sites for hydroxylation is 1. The largest absolute Gasteiger partial charge is 0.333 e. The Kier molecular flexibility index (Phi) is 5.63. The van der Waals surface area contributed by atoms with E-state index in [1.165, 1.54) is 11.1 Å². The minimum absolute atomic E-state index is 0. The van der Waals surface area contributed by atoms with E-state index < -0.39 is 0 Å². The second kappa shape index (κ2) is 7.76. The fraction of sp³-hybridized carbons (Fsp3) is 0.526. The van der Waals surface area contributed by atoms with Crippen molar-refractivity contribution in [2.45, 2.75) is 44.7 Å². The molecule has 1 atom stereocenters. The van der Waals surface area contributed by atoms with Crippen LogP contribution >= 0.6 is 12.4 Å². The quantitative estimate of drug-likeness (QED) is 0.895. The molecule has 1 aromatic heterocycles. The molecule has 0 spiro atoms. The molecule has 1 aliphatic carbocycles. The van der Waals surface area contributed by atoms with Gasteiger partial charge >= 0.3 is 0 Å². The molecule has 4 rings (SSSR count). The van der Waals surface area contributed by atoms with Gasteiger partial charge in [-0.1, -0.05) is 29.5 Å². The monoisotopic (exact) mass is 375 g/mol. The van der Waals surface area contributed by atoms with Crippen molar-refractivity contribution in [3.63, 3.8) is 0 Å². The van der Waals surface area contributed by atoms with Crippen LogP contribution in [0.15, 0.2) is 24.3 Å². The molecule has 1 N–H and O–H groups in total. The maximum atomic E-state index is 13.1. The summed E-state index contributed by atoms with van der Waals surface area (Å²) in [5.74, 6) is -0.0283. The molecule has 7 heteroatoms. The maximum absolute atomic E-state index is 13.1. The Labute approximate surface area is 160 Å². The van der Waals surface area contributed by atoms with E-state index in [1.807, 2.05) is 29.6 Å². The third kappa shape index (κ3) is 3.23. The highest BCUT2D eigenvalue weighted by Crippen LogP contribution is 2.35. The number of amides is 1. The van der Waals surface area contributed by atoms with Crippen molar-refractivity contribution < 1.29 is 4.79 Å². The maximum Gasteiger partial charge on any atom is 0.276 e. The molecule has 0 radical (unpaired) electrons. The number of nitrogens with one attached hydrogen (secondary N) is 1. The number of aromatic nitrogens is 3. The zero-order valence-corrected chi connectivity index (χ0v) is 16.1. The van der Waals surface area contributed by atoms with Gasteiger partial charge in [0.2, 0.25) is 0 Å². The molecule has 140 valence electrons. The van der Waals surface area contributed by atoms with Crippen LogP contribution in [0.1, 0.15) is 58.7 Å². The summed E-state index contributed by atoms with van der Waals surface area (Å²) in [6.07, 6.45) is 4.07. The number of hydrogen-bond donors (Lipinski definition) is 1. The second-order valence-electron chi connectivity index (χ2n) is 7.12. The van der Waals surface area contributed by atoms with Gasteiger partial charge in [-0.2, -0.15) is 0 Å². The lowest BCUT2D eigenvalue weighted by Gasteiger charge is -2.25. The van der Waals surface area contributed by atoms with E-state index in [2.05, 4.69) is 33.8 Å². The number of nitrogens with zero attached hydrogens (tertiary/aromatic N) is 4. The van der Waals surface area contributed by atoms with Gasteiger partial charge in [-0.05, 0) is 56.8 Å². The van der Waals surface area contributed by atoms with Crippen molar-refractivity contribution >= 4 is 18.3 Å². The van der Waals surface area contributed by atoms with Crippen molar-refractivity contribution in [1.29, 1.82) is 0 Å². The number of fused-ring (bicyclic) bond motifs is 1. The molecule has 2 aromatic rings. The van der Waals surface area contributed by atoms with Gasteiger partial charge in [-0.3, -0.25) is 4.79 Å². The molecule has 1 aromatic carbocycles. The van der Waals surface area contributed by atoms with E-state index in [0.717, 1.165) is 44.5 Å². The molecule has 0 saturated carbocycles. The first-order valence-electron chi connectivity index (χ1n) is 9.14. The van der Waals surface area contributed by atoms with Crippen LogP contribution in [0.4, 0.5) is 0 Å². The normalized spacial score (nSPS) is 19.7. The van der Waals surface area contributed by atoms with Crippen LogP contribution in [0.2, 0.25) is 0 Å². The van der Waals surface area contributed by atoms with Gasteiger partial charge in [0.05, 0.1) is 17.8 Å². The highest BCUT2D eigenvalue weighted by atomic mass is 35.5. The smallest absolute Gasteiger partial charge is 0.276 e. The number of carbonyl (C=O) groups is 1. The highest BCUT2D eigenvalue weighted by Gasteiger charge is 2.31. The summed E-state index contributed by atoms with van der Waals surface area (Å²) in [5, 5.41) is 11.9. The molecule has 0 bridgehead atoms. The van der Waals surface area contributed by atoms with Gasteiger partial charge in [0.15, 0.2) is 5.69 Å².